The number of nitrogens with one attached hydrogen (secondary N) is 2. The molecule has 0 bridgehead atoms. The summed E-state index contributed by atoms with van der Waals surface area (Å²) in [5.41, 5.74) is 7.38. The Balaban J connectivity index is 1.63. The van der Waals surface area contributed by atoms with Crippen LogP contribution in [0.5, 0.6) is 0 Å². The lowest BCUT2D eigenvalue weighted by molar-refractivity contribution is 0.0949. The number of benzene rings is 1. The van der Waals surface area contributed by atoms with Crippen molar-refractivity contribution in [3.05, 3.63) is 52.3 Å². The zero-order valence-corrected chi connectivity index (χ0v) is 12.9. The first kappa shape index (κ1) is 14.5. The van der Waals surface area contributed by atoms with E-state index in [4.69, 9.17) is 0 Å². The monoisotopic (exact) mass is 296 g/mol. The maximum Gasteiger partial charge on any atom is 0.292 e. The highest BCUT2D eigenvalue weighted by atomic mass is 16.2. The van der Waals surface area contributed by atoms with E-state index in [1.54, 1.807) is 6.21 Å². The first-order valence-electron chi connectivity index (χ1n) is 7.64. The zero-order chi connectivity index (χ0) is 15.5. The summed E-state index contributed by atoms with van der Waals surface area (Å²) in [5.74, 6) is 0.252. The molecule has 0 saturated carbocycles. The molecule has 0 fully saturated rings. The van der Waals surface area contributed by atoms with Gasteiger partial charge in [-0.3, -0.25) is 9.89 Å². The predicted molar refractivity (Wildman–Crippen MR) is 86.2 cm³/mol. The van der Waals surface area contributed by atoms with Crippen LogP contribution in [0.3, 0.4) is 0 Å². The molecule has 2 aromatic rings. The smallest absolute Gasteiger partial charge is 0.281 e. The molecule has 1 aliphatic carbocycles. The normalized spacial score (nSPS) is 13.8. The van der Waals surface area contributed by atoms with Crippen LogP contribution in [0.25, 0.3) is 0 Å². The highest BCUT2D eigenvalue weighted by molar-refractivity contribution is 5.94. The van der Waals surface area contributed by atoms with E-state index in [1.165, 1.54) is 5.56 Å². The molecule has 1 heterocycles. The molecule has 3 rings (SSSR count). The number of rotatable bonds is 4. The number of nitrogens with zero attached hydrogens (tertiary/aromatic N) is 2. The van der Waals surface area contributed by atoms with Crippen molar-refractivity contribution in [3.8, 4) is 0 Å². The van der Waals surface area contributed by atoms with Crippen molar-refractivity contribution in [2.75, 3.05) is 0 Å². The van der Waals surface area contributed by atoms with E-state index < -0.39 is 0 Å². The number of aryl methyl sites for hydroxylation is 1. The lowest BCUT2D eigenvalue weighted by Gasteiger charge is -2.04. The van der Waals surface area contributed by atoms with Gasteiger partial charge in [0.15, 0.2) is 5.69 Å². The van der Waals surface area contributed by atoms with Crippen LogP contribution in [0, 0.1) is 0 Å². The lowest BCUT2D eigenvalue weighted by atomic mass is 10.0. The van der Waals surface area contributed by atoms with Crippen LogP contribution in [0.1, 0.15) is 59.1 Å². The van der Waals surface area contributed by atoms with Gasteiger partial charge in [-0.1, -0.05) is 38.1 Å². The minimum Gasteiger partial charge on any atom is -0.281 e. The van der Waals surface area contributed by atoms with Crippen LogP contribution in [0.2, 0.25) is 0 Å². The Labute approximate surface area is 129 Å². The SMILES string of the molecule is CC(C)c1ccc(C=NNC(=O)c2n[nH]c3c2CCC3)cc1. The van der Waals surface area contributed by atoms with Gasteiger partial charge in [0.05, 0.1) is 6.21 Å². The molecule has 114 valence electrons. The molecule has 0 spiro atoms. The van der Waals surface area contributed by atoms with Crippen molar-refractivity contribution < 1.29 is 4.79 Å². The molecule has 0 radical (unpaired) electrons. The molecule has 1 aromatic heterocycles. The molecule has 0 atom stereocenters. The van der Waals surface area contributed by atoms with Crippen LogP contribution in [0.4, 0.5) is 0 Å². The Morgan fingerprint density at radius 1 is 1.32 bits per heavy atom. The van der Waals surface area contributed by atoms with Gasteiger partial charge in [0.2, 0.25) is 0 Å². The van der Waals surface area contributed by atoms with E-state index in [-0.39, 0.29) is 5.91 Å². The number of aromatic nitrogens is 2. The Hall–Kier alpha value is -2.43. The van der Waals surface area contributed by atoms with Gasteiger partial charge in [-0.05, 0) is 36.3 Å². The van der Waals surface area contributed by atoms with Gasteiger partial charge >= 0.3 is 0 Å². The third kappa shape index (κ3) is 2.93. The minimum absolute atomic E-state index is 0.255. The molecule has 5 nitrogen and oxygen atoms in total. The summed E-state index contributed by atoms with van der Waals surface area (Å²) in [6, 6.07) is 8.15. The molecule has 5 heteroatoms. The first-order chi connectivity index (χ1) is 10.6. The van der Waals surface area contributed by atoms with Crippen LogP contribution in [0.15, 0.2) is 29.4 Å². The van der Waals surface area contributed by atoms with Gasteiger partial charge in [-0.25, -0.2) is 5.43 Å². The molecule has 1 amide bonds. The number of hydrogen-bond donors (Lipinski definition) is 2. The van der Waals surface area contributed by atoms with Crippen molar-refractivity contribution >= 4 is 12.1 Å². The Morgan fingerprint density at radius 3 is 2.82 bits per heavy atom. The molecular formula is C17H20N4O. The summed E-state index contributed by atoms with van der Waals surface area (Å²) >= 11 is 0. The van der Waals surface area contributed by atoms with Gasteiger partial charge in [-0.15, -0.1) is 0 Å². The summed E-state index contributed by atoms with van der Waals surface area (Å²) in [4.78, 5) is 12.1. The van der Waals surface area contributed by atoms with Crippen LogP contribution in [-0.2, 0) is 12.8 Å². The molecule has 22 heavy (non-hydrogen) atoms. The van der Waals surface area contributed by atoms with Crippen molar-refractivity contribution in [3.63, 3.8) is 0 Å². The fourth-order valence-electron chi connectivity index (χ4n) is 2.69. The van der Waals surface area contributed by atoms with E-state index in [0.29, 0.717) is 11.6 Å². The first-order valence-corrected chi connectivity index (χ1v) is 7.64. The predicted octanol–water partition coefficient (Wildman–Crippen LogP) is 2.79. The maximum absolute atomic E-state index is 12.1. The molecule has 1 aromatic carbocycles. The Kier molecular flexibility index (Phi) is 4.04. The van der Waals surface area contributed by atoms with Crippen molar-refractivity contribution in [1.29, 1.82) is 0 Å². The van der Waals surface area contributed by atoms with Gasteiger partial charge in [0.25, 0.3) is 5.91 Å². The van der Waals surface area contributed by atoms with Crippen LogP contribution >= 0.6 is 0 Å². The number of aromatic amines is 1. The largest absolute Gasteiger partial charge is 0.292 e. The summed E-state index contributed by atoms with van der Waals surface area (Å²) in [5, 5.41) is 11.0. The van der Waals surface area contributed by atoms with Crippen LogP contribution < -0.4 is 5.43 Å². The van der Waals surface area contributed by atoms with E-state index >= 15 is 0 Å². The maximum atomic E-state index is 12.1. The number of hydrazone groups is 1. The van der Waals surface area contributed by atoms with E-state index in [1.807, 2.05) is 12.1 Å². The third-order valence-electron chi connectivity index (χ3n) is 4.00. The fraction of sp³-hybridized carbons (Fsp3) is 0.353. The second-order valence-electron chi connectivity index (χ2n) is 5.90. The van der Waals surface area contributed by atoms with E-state index in [9.17, 15) is 4.79 Å². The summed E-state index contributed by atoms with van der Waals surface area (Å²) in [7, 11) is 0. The summed E-state index contributed by atoms with van der Waals surface area (Å²) in [6.45, 7) is 4.32. The Morgan fingerprint density at radius 2 is 2.09 bits per heavy atom. The average Bonchev–Trinajstić information content (AvgIpc) is 3.10. The summed E-state index contributed by atoms with van der Waals surface area (Å²) < 4.78 is 0. The number of amides is 1. The van der Waals surface area contributed by atoms with Gasteiger partial charge in [0.1, 0.15) is 0 Å². The molecule has 2 N–H and O–H groups in total. The molecule has 0 aliphatic heterocycles. The number of hydrogen-bond acceptors (Lipinski definition) is 3. The zero-order valence-electron chi connectivity index (χ0n) is 12.9. The van der Waals surface area contributed by atoms with Gasteiger partial charge < -0.3 is 0 Å². The van der Waals surface area contributed by atoms with Crippen LogP contribution in [-0.4, -0.2) is 22.3 Å². The lowest BCUT2D eigenvalue weighted by Crippen LogP contribution is -2.19. The van der Waals surface area contributed by atoms with E-state index in [0.717, 1.165) is 36.1 Å². The topological polar surface area (TPSA) is 70.1 Å². The second-order valence-corrected chi connectivity index (χ2v) is 5.90. The molecule has 1 aliphatic rings. The number of fused-ring (bicyclic) bond motifs is 1. The number of carbonyl (C=O) groups is 1. The van der Waals surface area contributed by atoms with E-state index in [2.05, 4.69) is 46.7 Å². The molecular weight excluding hydrogens is 276 g/mol. The Bertz CT molecular complexity index is 698. The second kappa shape index (κ2) is 6.13. The number of H-pyrrole nitrogens is 1. The summed E-state index contributed by atoms with van der Waals surface area (Å²) in [6.07, 6.45) is 4.61. The van der Waals surface area contributed by atoms with Crippen molar-refractivity contribution in [2.24, 2.45) is 5.10 Å². The van der Waals surface area contributed by atoms with Crippen molar-refractivity contribution in [1.82, 2.24) is 15.6 Å². The standard InChI is InChI=1S/C17H20N4O/c1-11(2)13-8-6-12(7-9-13)10-18-21-17(22)16-14-4-3-5-15(14)19-20-16/h6-11H,3-5H2,1-2H3,(H,19,20)(H,21,22). The highest BCUT2D eigenvalue weighted by Crippen LogP contribution is 2.22. The average molecular weight is 296 g/mol. The van der Waals surface area contributed by atoms with Crippen molar-refractivity contribution in [2.45, 2.75) is 39.0 Å². The molecule has 0 unspecified atom stereocenters. The third-order valence-corrected chi connectivity index (χ3v) is 4.00. The quantitative estimate of drug-likeness (QED) is 0.673. The minimum atomic E-state index is -0.255. The highest BCUT2D eigenvalue weighted by Gasteiger charge is 2.22. The molecule has 0 saturated heterocycles. The number of carbonyl (C=O) groups excluding carboxylic acids is 1. The van der Waals surface area contributed by atoms with Gasteiger partial charge in [-0.2, -0.15) is 10.2 Å². The van der Waals surface area contributed by atoms with Gasteiger partial charge in [0, 0.05) is 11.3 Å². The fourth-order valence-corrected chi connectivity index (χ4v) is 2.69.